The van der Waals surface area contributed by atoms with Gasteiger partial charge in [-0.3, -0.25) is 0 Å². The molecule has 18 heavy (non-hydrogen) atoms. The van der Waals surface area contributed by atoms with Crippen LogP contribution < -0.4 is 5.32 Å². The van der Waals surface area contributed by atoms with Crippen molar-refractivity contribution in [3.05, 3.63) is 59.8 Å². The molecule has 0 amide bonds. The van der Waals surface area contributed by atoms with Gasteiger partial charge in [0.25, 0.3) is 0 Å². The van der Waals surface area contributed by atoms with Crippen molar-refractivity contribution in [1.29, 1.82) is 0 Å². The molecule has 2 rings (SSSR count). The Morgan fingerprint density at radius 1 is 1.28 bits per heavy atom. The average Bonchev–Trinajstić information content (AvgIpc) is 2.90. The van der Waals surface area contributed by atoms with Crippen LogP contribution in [0.1, 0.15) is 30.4 Å². The van der Waals surface area contributed by atoms with Crippen molar-refractivity contribution in [2.45, 2.75) is 19.1 Å². The molecule has 0 bridgehead atoms. The van der Waals surface area contributed by atoms with E-state index in [4.69, 9.17) is 4.42 Å². The summed E-state index contributed by atoms with van der Waals surface area (Å²) in [5.74, 6) is 0.518. The normalized spacial score (nSPS) is 14.4. The number of hydrogen-bond donors (Lipinski definition) is 2. The highest BCUT2D eigenvalue weighted by Gasteiger charge is 2.12. The zero-order valence-electron chi connectivity index (χ0n) is 10.1. The van der Waals surface area contributed by atoms with Crippen molar-refractivity contribution in [3.8, 4) is 0 Å². The molecule has 0 aliphatic rings. The van der Waals surface area contributed by atoms with E-state index in [9.17, 15) is 9.50 Å². The van der Waals surface area contributed by atoms with Gasteiger partial charge in [0.05, 0.1) is 18.4 Å². The average molecular weight is 249 g/mol. The summed E-state index contributed by atoms with van der Waals surface area (Å²) in [6, 6.07) is 9.57. The number of nitrogens with one attached hydrogen (secondary N) is 1. The first-order chi connectivity index (χ1) is 8.66. The van der Waals surface area contributed by atoms with Gasteiger partial charge in [-0.15, -0.1) is 0 Å². The molecule has 1 aromatic carbocycles. The summed E-state index contributed by atoms with van der Waals surface area (Å²) in [6.07, 6.45) is 0.951. The molecule has 4 heteroatoms. The predicted molar refractivity (Wildman–Crippen MR) is 66.5 cm³/mol. The summed E-state index contributed by atoms with van der Waals surface area (Å²) in [7, 11) is 0. The molecule has 0 fully saturated rings. The summed E-state index contributed by atoms with van der Waals surface area (Å²) >= 11 is 0. The van der Waals surface area contributed by atoms with E-state index < -0.39 is 6.10 Å². The fourth-order valence-electron chi connectivity index (χ4n) is 1.73. The van der Waals surface area contributed by atoms with Crippen molar-refractivity contribution >= 4 is 0 Å². The molecule has 3 nitrogen and oxygen atoms in total. The van der Waals surface area contributed by atoms with Gasteiger partial charge in [-0.1, -0.05) is 12.1 Å². The second-order valence-corrected chi connectivity index (χ2v) is 4.21. The molecule has 2 unspecified atom stereocenters. The first-order valence-electron chi connectivity index (χ1n) is 5.87. The van der Waals surface area contributed by atoms with Crippen LogP contribution in [0, 0.1) is 5.82 Å². The minimum Gasteiger partial charge on any atom is -0.468 e. The summed E-state index contributed by atoms with van der Waals surface area (Å²) in [4.78, 5) is 0. The van der Waals surface area contributed by atoms with E-state index in [0.717, 1.165) is 5.76 Å². The lowest BCUT2D eigenvalue weighted by Gasteiger charge is -2.15. The second-order valence-electron chi connectivity index (χ2n) is 4.21. The molecular weight excluding hydrogens is 233 g/mol. The van der Waals surface area contributed by atoms with Gasteiger partial charge in [-0.2, -0.15) is 0 Å². The van der Waals surface area contributed by atoms with E-state index in [1.54, 1.807) is 18.4 Å². The van der Waals surface area contributed by atoms with Crippen molar-refractivity contribution in [3.63, 3.8) is 0 Å². The summed E-state index contributed by atoms with van der Waals surface area (Å²) in [5, 5.41) is 13.1. The molecule has 0 radical (unpaired) electrons. The molecule has 0 spiro atoms. The molecule has 2 atom stereocenters. The second kappa shape index (κ2) is 5.80. The molecule has 2 N–H and O–H groups in total. The Bertz CT molecular complexity index is 467. The summed E-state index contributed by atoms with van der Waals surface area (Å²) in [5.41, 5.74) is 0.690. The number of rotatable bonds is 5. The van der Waals surface area contributed by atoms with Gasteiger partial charge in [0, 0.05) is 6.54 Å². The largest absolute Gasteiger partial charge is 0.468 e. The number of furan rings is 1. The van der Waals surface area contributed by atoms with Crippen LogP contribution in [0.25, 0.3) is 0 Å². The maximum atomic E-state index is 12.7. The molecule has 96 valence electrons. The minimum atomic E-state index is -0.664. The van der Waals surface area contributed by atoms with Gasteiger partial charge in [0.1, 0.15) is 11.6 Å². The van der Waals surface area contributed by atoms with E-state index in [0.29, 0.717) is 12.1 Å². The fraction of sp³-hybridized carbons (Fsp3) is 0.286. The lowest BCUT2D eigenvalue weighted by Crippen LogP contribution is -2.24. The third kappa shape index (κ3) is 3.18. The van der Waals surface area contributed by atoms with E-state index in [2.05, 4.69) is 5.32 Å². The number of halogens is 1. The maximum absolute atomic E-state index is 12.7. The van der Waals surface area contributed by atoms with Crippen LogP contribution in [0.2, 0.25) is 0 Å². The van der Waals surface area contributed by atoms with Crippen molar-refractivity contribution in [2.24, 2.45) is 0 Å². The standard InChI is InChI=1S/C14H16FNO2/c1-10(14-3-2-8-18-14)16-9-13(17)11-4-6-12(15)7-5-11/h2-8,10,13,16-17H,9H2,1H3. The van der Waals surface area contributed by atoms with Gasteiger partial charge in [-0.05, 0) is 36.8 Å². The Morgan fingerprint density at radius 2 is 2.00 bits per heavy atom. The van der Waals surface area contributed by atoms with Gasteiger partial charge in [0.15, 0.2) is 0 Å². The van der Waals surface area contributed by atoms with Gasteiger partial charge < -0.3 is 14.8 Å². The smallest absolute Gasteiger partial charge is 0.123 e. The Balaban J connectivity index is 1.88. The molecular formula is C14H16FNO2. The molecule has 0 saturated heterocycles. The lowest BCUT2D eigenvalue weighted by atomic mass is 10.1. The maximum Gasteiger partial charge on any atom is 0.123 e. The van der Waals surface area contributed by atoms with Crippen LogP contribution in [0.5, 0.6) is 0 Å². The lowest BCUT2D eigenvalue weighted by molar-refractivity contribution is 0.169. The van der Waals surface area contributed by atoms with Crippen molar-refractivity contribution in [2.75, 3.05) is 6.54 Å². The number of hydrogen-bond acceptors (Lipinski definition) is 3. The fourth-order valence-corrected chi connectivity index (χ4v) is 1.73. The highest BCUT2D eigenvalue weighted by Crippen LogP contribution is 2.16. The Kier molecular flexibility index (Phi) is 4.12. The van der Waals surface area contributed by atoms with E-state index in [1.165, 1.54) is 12.1 Å². The quantitative estimate of drug-likeness (QED) is 0.856. The Hall–Kier alpha value is -1.65. The third-order valence-electron chi connectivity index (χ3n) is 2.84. The number of aliphatic hydroxyl groups is 1. The highest BCUT2D eigenvalue weighted by atomic mass is 19.1. The highest BCUT2D eigenvalue weighted by molar-refractivity contribution is 5.18. The monoisotopic (exact) mass is 249 g/mol. The van der Waals surface area contributed by atoms with E-state index >= 15 is 0 Å². The SMILES string of the molecule is CC(NCC(O)c1ccc(F)cc1)c1ccco1. The van der Waals surface area contributed by atoms with Crippen molar-refractivity contribution < 1.29 is 13.9 Å². The van der Waals surface area contributed by atoms with Crippen LogP contribution in [0.15, 0.2) is 47.1 Å². The molecule has 1 heterocycles. The predicted octanol–water partition coefficient (Wildman–Crippen LogP) is 2.80. The number of aliphatic hydroxyl groups excluding tert-OH is 1. The molecule has 0 aliphatic carbocycles. The summed E-state index contributed by atoms with van der Waals surface area (Å²) < 4.78 is 18.0. The first-order valence-corrected chi connectivity index (χ1v) is 5.87. The van der Waals surface area contributed by atoms with Crippen LogP contribution in [-0.2, 0) is 0 Å². The Morgan fingerprint density at radius 3 is 2.61 bits per heavy atom. The molecule has 1 aromatic heterocycles. The van der Waals surface area contributed by atoms with Crippen LogP contribution in [-0.4, -0.2) is 11.7 Å². The first kappa shape index (κ1) is 12.8. The van der Waals surface area contributed by atoms with Crippen LogP contribution >= 0.6 is 0 Å². The molecule has 2 aromatic rings. The van der Waals surface area contributed by atoms with Crippen LogP contribution in [0.3, 0.4) is 0 Å². The van der Waals surface area contributed by atoms with Crippen LogP contribution in [0.4, 0.5) is 4.39 Å². The minimum absolute atomic E-state index is 0.0232. The topological polar surface area (TPSA) is 45.4 Å². The van der Waals surface area contributed by atoms with Gasteiger partial charge in [0.2, 0.25) is 0 Å². The Labute approximate surface area is 105 Å². The summed E-state index contributed by atoms with van der Waals surface area (Å²) in [6.45, 7) is 2.34. The van der Waals surface area contributed by atoms with E-state index in [-0.39, 0.29) is 11.9 Å². The number of benzene rings is 1. The van der Waals surface area contributed by atoms with Crippen molar-refractivity contribution in [1.82, 2.24) is 5.32 Å². The van der Waals surface area contributed by atoms with Gasteiger partial charge in [-0.25, -0.2) is 4.39 Å². The zero-order valence-corrected chi connectivity index (χ0v) is 10.1. The van der Waals surface area contributed by atoms with E-state index in [1.807, 2.05) is 19.1 Å². The molecule has 0 saturated carbocycles. The molecule has 0 aliphatic heterocycles. The van der Waals surface area contributed by atoms with Gasteiger partial charge >= 0.3 is 0 Å². The third-order valence-corrected chi connectivity index (χ3v) is 2.84. The zero-order chi connectivity index (χ0) is 13.0.